The van der Waals surface area contributed by atoms with Crippen LogP contribution in [0.25, 0.3) is 0 Å². The van der Waals surface area contributed by atoms with Gasteiger partial charge in [-0.1, -0.05) is 6.07 Å². The van der Waals surface area contributed by atoms with Crippen molar-refractivity contribution >= 4 is 5.69 Å². The summed E-state index contributed by atoms with van der Waals surface area (Å²) in [4.78, 5) is 4.04. The summed E-state index contributed by atoms with van der Waals surface area (Å²) in [5.41, 5.74) is 0.635. The largest absolute Gasteiger partial charge is 0.484 e. The van der Waals surface area contributed by atoms with Gasteiger partial charge >= 0.3 is 12.4 Å². The molecule has 10 heteroatoms. The first kappa shape index (κ1) is 19.7. The molecule has 0 aliphatic heterocycles. The third-order valence-electron chi connectivity index (χ3n) is 2.93. The smallest absolute Gasteiger partial charge is 0.422 e. The van der Waals surface area contributed by atoms with Gasteiger partial charge in [-0.15, -0.1) is 0 Å². The zero-order valence-corrected chi connectivity index (χ0v) is 13.2. The van der Waals surface area contributed by atoms with Gasteiger partial charge in [0, 0.05) is 12.3 Å². The molecule has 26 heavy (non-hydrogen) atoms. The van der Waals surface area contributed by atoms with Crippen molar-refractivity contribution in [3.63, 3.8) is 0 Å². The Morgan fingerprint density at radius 2 is 1.58 bits per heavy atom. The Morgan fingerprint density at radius 3 is 2.19 bits per heavy atom. The van der Waals surface area contributed by atoms with E-state index in [0.29, 0.717) is 5.69 Å². The predicted octanol–water partition coefficient (Wildman–Crippen LogP) is 4.58. The third-order valence-corrected chi connectivity index (χ3v) is 2.93. The fourth-order valence-corrected chi connectivity index (χ4v) is 1.88. The van der Waals surface area contributed by atoms with Crippen LogP contribution in [0.3, 0.4) is 0 Å². The summed E-state index contributed by atoms with van der Waals surface area (Å²) in [6.07, 6.45) is -7.56. The molecule has 0 atom stereocenters. The van der Waals surface area contributed by atoms with Gasteiger partial charge in [-0.25, -0.2) is 0 Å². The lowest BCUT2D eigenvalue weighted by molar-refractivity contribution is -0.154. The number of benzene rings is 1. The molecule has 0 saturated heterocycles. The van der Waals surface area contributed by atoms with E-state index in [1.165, 1.54) is 6.20 Å². The summed E-state index contributed by atoms with van der Waals surface area (Å²) in [6.45, 7) is -2.92. The van der Waals surface area contributed by atoms with Crippen molar-refractivity contribution < 1.29 is 35.8 Å². The zero-order chi connectivity index (χ0) is 19.2. The highest BCUT2D eigenvalue weighted by atomic mass is 19.4. The van der Waals surface area contributed by atoms with Crippen LogP contribution < -0.4 is 14.8 Å². The Hall–Kier alpha value is -2.65. The maximum atomic E-state index is 12.3. The average molecular weight is 380 g/mol. The van der Waals surface area contributed by atoms with E-state index in [2.05, 4.69) is 15.0 Å². The minimum absolute atomic E-state index is 0.0552. The van der Waals surface area contributed by atoms with Gasteiger partial charge in [0.05, 0.1) is 17.9 Å². The number of pyridine rings is 1. The second-order valence-electron chi connectivity index (χ2n) is 5.14. The summed E-state index contributed by atoms with van der Waals surface area (Å²) >= 11 is 0. The van der Waals surface area contributed by atoms with Gasteiger partial charge in [0.2, 0.25) is 0 Å². The molecular weight excluding hydrogens is 366 g/mol. The van der Waals surface area contributed by atoms with Gasteiger partial charge < -0.3 is 14.8 Å². The third kappa shape index (κ3) is 7.08. The minimum Gasteiger partial charge on any atom is -0.484 e. The van der Waals surface area contributed by atoms with E-state index in [9.17, 15) is 26.3 Å². The Morgan fingerprint density at radius 1 is 0.885 bits per heavy atom. The van der Waals surface area contributed by atoms with Crippen LogP contribution in [0.2, 0.25) is 0 Å². The van der Waals surface area contributed by atoms with Gasteiger partial charge in [0.25, 0.3) is 0 Å². The molecule has 0 aliphatic rings. The number of hydrogen-bond acceptors (Lipinski definition) is 4. The van der Waals surface area contributed by atoms with Crippen LogP contribution >= 0.6 is 0 Å². The molecule has 1 aromatic carbocycles. The summed E-state index contributed by atoms with van der Waals surface area (Å²) in [6, 6.07) is 8.43. The van der Waals surface area contributed by atoms with Crippen molar-refractivity contribution in [1.29, 1.82) is 0 Å². The van der Waals surface area contributed by atoms with E-state index in [1.807, 2.05) is 0 Å². The van der Waals surface area contributed by atoms with Crippen molar-refractivity contribution in [2.75, 3.05) is 18.5 Å². The fourth-order valence-electron chi connectivity index (χ4n) is 1.88. The van der Waals surface area contributed by atoms with Crippen LogP contribution in [0.5, 0.6) is 11.5 Å². The van der Waals surface area contributed by atoms with E-state index in [4.69, 9.17) is 4.74 Å². The minimum atomic E-state index is -4.55. The molecule has 142 valence electrons. The first-order valence-electron chi connectivity index (χ1n) is 7.29. The van der Waals surface area contributed by atoms with Gasteiger partial charge in [-0.3, -0.25) is 4.98 Å². The summed E-state index contributed by atoms with van der Waals surface area (Å²) in [5, 5.41) is 2.79. The second kappa shape index (κ2) is 8.15. The van der Waals surface area contributed by atoms with Crippen molar-refractivity contribution in [3.05, 3.63) is 48.3 Å². The van der Waals surface area contributed by atoms with Crippen LogP contribution in [0, 0.1) is 0 Å². The highest BCUT2D eigenvalue weighted by molar-refractivity contribution is 5.59. The maximum absolute atomic E-state index is 12.3. The lowest BCUT2D eigenvalue weighted by Gasteiger charge is -2.16. The molecular formula is C16H14F6N2O2. The number of nitrogens with zero attached hydrogens (tertiary/aromatic N) is 1. The molecule has 0 fully saturated rings. The number of nitrogens with one attached hydrogen (secondary N) is 1. The Balaban J connectivity index is 2.14. The average Bonchev–Trinajstić information content (AvgIpc) is 2.56. The molecule has 2 rings (SSSR count). The quantitative estimate of drug-likeness (QED) is 0.715. The Kier molecular flexibility index (Phi) is 6.17. The van der Waals surface area contributed by atoms with Gasteiger partial charge in [0.15, 0.2) is 13.2 Å². The number of ether oxygens (including phenoxy) is 2. The Bertz CT molecular complexity index is 704. The number of alkyl halides is 6. The fraction of sp³-hybridized carbons (Fsp3) is 0.312. The van der Waals surface area contributed by atoms with Crippen molar-refractivity contribution in [2.24, 2.45) is 0 Å². The summed E-state index contributed by atoms with van der Waals surface area (Å²) in [7, 11) is 0. The first-order valence-corrected chi connectivity index (χ1v) is 7.29. The van der Waals surface area contributed by atoms with Crippen molar-refractivity contribution in [1.82, 2.24) is 4.98 Å². The monoisotopic (exact) mass is 380 g/mol. The van der Waals surface area contributed by atoms with Crippen LogP contribution in [0.4, 0.5) is 32.0 Å². The highest BCUT2D eigenvalue weighted by Gasteiger charge is 2.30. The number of aromatic nitrogens is 1. The molecule has 0 bridgehead atoms. The highest BCUT2D eigenvalue weighted by Crippen LogP contribution is 2.32. The summed E-state index contributed by atoms with van der Waals surface area (Å²) < 4.78 is 83.1. The maximum Gasteiger partial charge on any atom is 0.422 e. The molecule has 1 N–H and O–H groups in total. The normalized spacial score (nSPS) is 11.9. The van der Waals surface area contributed by atoms with Crippen LogP contribution in [-0.2, 0) is 6.54 Å². The molecule has 1 aromatic heterocycles. The second-order valence-corrected chi connectivity index (χ2v) is 5.14. The van der Waals surface area contributed by atoms with E-state index in [0.717, 1.165) is 18.2 Å². The molecule has 0 spiro atoms. The van der Waals surface area contributed by atoms with Crippen LogP contribution in [0.1, 0.15) is 5.69 Å². The number of anilines is 1. The van der Waals surface area contributed by atoms with Gasteiger partial charge in [0.1, 0.15) is 11.5 Å². The lowest BCUT2D eigenvalue weighted by atomic mass is 10.2. The van der Waals surface area contributed by atoms with Crippen molar-refractivity contribution in [2.45, 2.75) is 18.9 Å². The van der Waals surface area contributed by atoms with E-state index in [-0.39, 0.29) is 23.7 Å². The molecule has 2 aromatic rings. The number of hydrogen-bond donors (Lipinski definition) is 1. The lowest BCUT2D eigenvalue weighted by Crippen LogP contribution is -2.20. The zero-order valence-electron chi connectivity index (χ0n) is 13.2. The van der Waals surface area contributed by atoms with Gasteiger partial charge in [-0.2, -0.15) is 26.3 Å². The number of rotatable bonds is 7. The molecule has 0 amide bonds. The van der Waals surface area contributed by atoms with Crippen LogP contribution in [-0.4, -0.2) is 30.6 Å². The first-order chi connectivity index (χ1) is 12.1. The Labute approximate surface area is 144 Å². The van der Waals surface area contributed by atoms with E-state index in [1.54, 1.807) is 18.2 Å². The van der Waals surface area contributed by atoms with Gasteiger partial charge in [-0.05, 0) is 24.3 Å². The standard InChI is InChI=1S/C16H14F6N2O2/c17-15(18,19)9-25-12-4-5-14(26-10-16(20,21)22)13(7-12)24-8-11-3-1-2-6-23-11/h1-7,24H,8-10H2. The molecule has 0 unspecified atom stereocenters. The van der Waals surface area contributed by atoms with E-state index >= 15 is 0 Å². The molecule has 1 heterocycles. The van der Waals surface area contributed by atoms with E-state index < -0.39 is 25.6 Å². The molecule has 4 nitrogen and oxygen atoms in total. The topological polar surface area (TPSA) is 43.4 Å². The molecule has 0 radical (unpaired) electrons. The van der Waals surface area contributed by atoms with Crippen LogP contribution in [0.15, 0.2) is 42.6 Å². The predicted molar refractivity (Wildman–Crippen MR) is 81.1 cm³/mol. The molecule has 0 saturated carbocycles. The van der Waals surface area contributed by atoms with Crippen molar-refractivity contribution in [3.8, 4) is 11.5 Å². The SMILES string of the molecule is FC(F)(F)COc1ccc(OCC(F)(F)F)c(NCc2ccccn2)c1. The summed E-state index contributed by atoms with van der Waals surface area (Å²) in [5.74, 6) is -0.331. The molecule has 0 aliphatic carbocycles. The number of halogens is 6.